The van der Waals surface area contributed by atoms with E-state index in [-0.39, 0.29) is 14.9 Å². The second kappa shape index (κ2) is 6.17. The summed E-state index contributed by atoms with van der Waals surface area (Å²) in [4.78, 5) is 10.3. The number of halogens is 3. The van der Waals surface area contributed by atoms with E-state index in [1.165, 1.54) is 12.1 Å². The summed E-state index contributed by atoms with van der Waals surface area (Å²) in [6, 6.07) is 2.66. The van der Waals surface area contributed by atoms with E-state index in [0.717, 1.165) is 6.92 Å². The zero-order valence-corrected chi connectivity index (χ0v) is 13.9. The molecule has 0 saturated heterocycles. The molecule has 0 amide bonds. The highest BCUT2D eigenvalue weighted by Gasteiger charge is 2.33. The Bertz CT molecular complexity index is 624. The molecule has 6 nitrogen and oxygen atoms in total. The Morgan fingerprint density at radius 1 is 1.40 bits per heavy atom. The topological polar surface area (TPSA) is 104 Å². The van der Waals surface area contributed by atoms with E-state index in [4.69, 9.17) is 28.3 Å². The lowest BCUT2D eigenvalue weighted by Gasteiger charge is -2.19. The summed E-state index contributed by atoms with van der Waals surface area (Å²) in [7, 11) is -4.16. The molecular formula is C10H10BrCl2NO5S. The predicted octanol–water partition coefficient (Wildman–Crippen LogP) is 1.87. The van der Waals surface area contributed by atoms with Crippen LogP contribution in [-0.2, 0) is 14.8 Å². The van der Waals surface area contributed by atoms with Gasteiger partial charge in [-0.1, -0.05) is 39.1 Å². The van der Waals surface area contributed by atoms with Crippen molar-refractivity contribution in [2.75, 3.05) is 6.54 Å². The van der Waals surface area contributed by atoms with E-state index in [1.54, 1.807) is 0 Å². The third-order valence-electron chi connectivity index (χ3n) is 2.30. The van der Waals surface area contributed by atoms with Crippen LogP contribution in [0.1, 0.15) is 6.92 Å². The minimum absolute atomic E-state index is 0.133. The van der Waals surface area contributed by atoms with Crippen LogP contribution in [0.3, 0.4) is 0 Å². The third-order valence-corrected chi connectivity index (χ3v) is 5.08. The molecule has 112 valence electrons. The lowest BCUT2D eigenvalue weighted by atomic mass is 10.1. The minimum atomic E-state index is -4.16. The van der Waals surface area contributed by atoms with Crippen LogP contribution < -0.4 is 4.72 Å². The van der Waals surface area contributed by atoms with E-state index >= 15 is 0 Å². The van der Waals surface area contributed by atoms with Crippen molar-refractivity contribution in [1.29, 1.82) is 0 Å². The lowest BCUT2D eigenvalue weighted by Crippen LogP contribution is -2.46. The molecule has 1 aromatic carbocycles. The quantitative estimate of drug-likeness (QED) is 0.692. The van der Waals surface area contributed by atoms with Crippen molar-refractivity contribution >= 4 is 55.1 Å². The normalized spacial score (nSPS) is 14.8. The third kappa shape index (κ3) is 4.06. The van der Waals surface area contributed by atoms with Gasteiger partial charge < -0.3 is 10.2 Å². The first-order valence-corrected chi connectivity index (χ1v) is 8.10. The zero-order chi connectivity index (χ0) is 15.7. The summed E-state index contributed by atoms with van der Waals surface area (Å²) < 4.78 is 26.6. The molecule has 1 atom stereocenters. The minimum Gasteiger partial charge on any atom is -0.479 e. The zero-order valence-electron chi connectivity index (χ0n) is 10.0. The maximum absolute atomic E-state index is 12.1. The lowest BCUT2D eigenvalue weighted by molar-refractivity contribution is -0.155. The number of nitrogens with one attached hydrogen (secondary N) is 1. The number of carboxylic acids is 1. The van der Waals surface area contributed by atoms with E-state index in [0.29, 0.717) is 4.47 Å². The number of hydrogen-bond donors (Lipinski definition) is 3. The van der Waals surface area contributed by atoms with E-state index < -0.39 is 28.1 Å². The van der Waals surface area contributed by atoms with E-state index in [1.807, 2.05) is 4.72 Å². The first-order valence-electron chi connectivity index (χ1n) is 5.07. The summed E-state index contributed by atoms with van der Waals surface area (Å²) in [5, 5.41) is 17.9. The Kier molecular flexibility index (Phi) is 5.45. The molecule has 1 aromatic rings. The molecule has 0 spiro atoms. The van der Waals surface area contributed by atoms with Crippen molar-refractivity contribution < 1.29 is 23.4 Å². The Morgan fingerprint density at radius 3 is 2.25 bits per heavy atom. The second-order valence-corrected chi connectivity index (χ2v) is 7.54. The first kappa shape index (κ1) is 17.7. The van der Waals surface area contributed by atoms with Gasteiger partial charge in [0.2, 0.25) is 10.0 Å². The molecule has 0 radical (unpaired) electrons. The molecule has 0 aliphatic rings. The molecule has 0 heterocycles. The van der Waals surface area contributed by atoms with Crippen molar-refractivity contribution in [3.63, 3.8) is 0 Å². The number of aliphatic hydroxyl groups is 1. The van der Waals surface area contributed by atoms with Gasteiger partial charge >= 0.3 is 5.97 Å². The SMILES string of the molecule is CC(O)(CNS(=O)(=O)c1c(Cl)cc(Br)cc1Cl)C(=O)O. The summed E-state index contributed by atoms with van der Waals surface area (Å²) >= 11 is 14.7. The van der Waals surface area contributed by atoms with Gasteiger partial charge in [0.25, 0.3) is 0 Å². The predicted molar refractivity (Wildman–Crippen MR) is 77.6 cm³/mol. The molecule has 10 heteroatoms. The number of rotatable bonds is 5. The smallest absolute Gasteiger partial charge is 0.336 e. The van der Waals surface area contributed by atoms with Crippen molar-refractivity contribution in [2.45, 2.75) is 17.4 Å². The standard InChI is InChI=1S/C10H10BrCl2NO5S/c1-10(17,9(15)16)4-14-20(18,19)8-6(12)2-5(11)3-7(8)13/h2-3,14,17H,4H2,1H3,(H,15,16). The molecule has 0 saturated carbocycles. The van der Waals surface area contributed by atoms with Crippen LogP contribution in [-0.4, -0.2) is 36.7 Å². The molecule has 1 unspecified atom stereocenters. The van der Waals surface area contributed by atoms with Crippen molar-refractivity contribution in [3.05, 3.63) is 26.7 Å². The van der Waals surface area contributed by atoms with Crippen LogP contribution in [0.25, 0.3) is 0 Å². The van der Waals surface area contributed by atoms with Crippen LogP contribution >= 0.6 is 39.1 Å². The molecule has 0 bridgehead atoms. The van der Waals surface area contributed by atoms with Crippen molar-refractivity contribution in [3.8, 4) is 0 Å². The molecular weight excluding hydrogens is 397 g/mol. The molecule has 0 aliphatic carbocycles. The largest absolute Gasteiger partial charge is 0.479 e. The Labute approximate surface area is 133 Å². The van der Waals surface area contributed by atoms with Crippen LogP contribution in [0.15, 0.2) is 21.5 Å². The van der Waals surface area contributed by atoms with Gasteiger partial charge in [-0.25, -0.2) is 17.9 Å². The van der Waals surface area contributed by atoms with Crippen LogP contribution in [0.5, 0.6) is 0 Å². The fourth-order valence-electron chi connectivity index (χ4n) is 1.17. The average molecular weight is 407 g/mol. The fourth-order valence-corrected chi connectivity index (χ4v) is 4.23. The fraction of sp³-hybridized carbons (Fsp3) is 0.300. The monoisotopic (exact) mass is 405 g/mol. The summed E-state index contributed by atoms with van der Waals surface area (Å²) in [5.74, 6) is -1.56. The van der Waals surface area contributed by atoms with Gasteiger partial charge in [-0.15, -0.1) is 0 Å². The molecule has 1 rings (SSSR count). The van der Waals surface area contributed by atoms with Gasteiger partial charge in [-0.2, -0.15) is 0 Å². The maximum Gasteiger partial charge on any atom is 0.336 e. The van der Waals surface area contributed by atoms with E-state index in [2.05, 4.69) is 15.9 Å². The molecule has 0 aromatic heterocycles. The Hall–Kier alpha value is -0.380. The maximum atomic E-state index is 12.1. The highest BCUT2D eigenvalue weighted by Crippen LogP contribution is 2.32. The highest BCUT2D eigenvalue weighted by molar-refractivity contribution is 9.10. The number of aliphatic carboxylic acids is 1. The van der Waals surface area contributed by atoms with Gasteiger partial charge in [-0.3, -0.25) is 0 Å². The molecule has 3 N–H and O–H groups in total. The number of sulfonamides is 1. The summed E-state index contributed by atoms with van der Waals surface area (Å²) in [6.07, 6.45) is 0. The number of carbonyl (C=O) groups is 1. The van der Waals surface area contributed by atoms with Crippen molar-refractivity contribution in [1.82, 2.24) is 4.72 Å². The highest BCUT2D eigenvalue weighted by atomic mass is 79.9. The van der Waals surface area contributed by atoms with Gasteiger partial charge in [0.15, 0.2) is 5.60 Å². The number of hydrogen-bond acceptors (Lipinski definition) is 4. The van der Waals surface area contributed by atoms with Gasteiger partial charge in [0.05, 0.1) is 16.6 Å². The van der Waals surface area contributed by atoms with Crippen LogP contribution in [0.4, 0.5) is 0 Å². The molecule has 0 fully saturated rings. The number of benzene rings is 1. The second-order valence-electron chi connectivity index (χ2n) is 4.10. The van der Waals surface area contributed by atoms with E-state index in [9.17, 15) is 18.3 Å². The summed E-state index contributed by atoms with van der Waals surface area (Å²) in [6.45, 7) is 0.232. The van der Waals surface area contributed by atoms with Crippen LogP contribution in [0, 0.1) is 0 Å². The van der Waals surface area contributed by atoms with Gasteiger partial charge in [-0.05, 0) is 19.1 Å². The van der Waals surface area contributed by atoms with Gasteiger partial charge in [0.1, 0.15) is 4.90 Å². The Morgan fingerprint density at radius 2 is 1.85 bits per heavy atom. The molecule has 0 aliphatic heterocycles. The first-order chi connectivity index (χ1) is 8.97. The van der Waals surface area contributed by atoms with Crippen molar-refractivity contribution in [2.24, 2.45) is 0 Å². The Balaban J connectivity index is 3.11. The molecule has 20 heavy (non-hydrogen) atoms. The van der Waals surface area contributed by atoms with Crippen LogP contribution in [0.2, 0.25) is 10.0 Å². The number of carboxylic acid groups (broad SMARTS) is 1. The van der Waals surface area contributed by atoms with Gasteiger partial charge in [0, 0.05) is 4.47 Å². The summed E-state index contributed by atoms with van der Waals surface area (Å²) in [5.41, 5.74) is -2.25. The average Bonchev–Trinajstić information content (AvgIpc) is 2.24.